The lowest BCUT2D eigenvalue weighted by Crippen LogP contribution is -2.47. The summed E-state index contributed by atoms with van der Waals surface area (Å²) in [4.78, 5) is 36.2. The highest BCUT2D eigenvalue weighted by atomic mass is 32.2. The van der Waals surface area contributed by atoms with Crippen LogP contribution in [-0.2, 0) is 36.4 Å². The maximum Gasteiger partial charge on any atom is 0.416 e. The van der Waals surface area contributed by atoms with Gasteiger partial charge in [-0.2, -0.15) is 13.2 Å². The Bertz CT molecular complexity index is 2330. The van der Waals surface area contributed by atoms with Gasteiger partial charge in [0.05, 0.1) is 16.1 Å². The van der Waals surface area contributed by atoms with E-state index in [1.165, 1.54) is 30.3 Å². The monoisotopic (exact) mass is 768 g/mol. The van der Waals surface area contributed by atoms with Crippen LogP contribution >= 0.6 is 11.8 Å². The molecule has 6 aromatic rings. The van der Waals surface area contributed by atoms with Gasteiger partial charge in [0, 0.05) is 67.4 Å². The first kappa shape index (κ1) is 38.0. The number of carbonyl (C=O) groups is 1. The molecule has 0 aliphatic carbocycles. The molecule has 6 nitrogen and oxygen atoms in total. The van der Waals surface area contributed by atoms with E-state index in [1.807, 2.05) is 41.3 Å². The highest BCUT2D eigenvalue weighted by molar-refractivity contribution is 7.98. The summed E-state index contributed by atoms with van der Waals surface area (Å²) in [6.45, 7) is 2.49. The second-order valence-corrected chi connectivity index (χ2v) is 14.6. The number of nitrogens with zero attached hydrogens (tertiary/aromatic N) is 4. The van der Waals surface area contributed by atoms with E-state index in [-0.39, 0.29) is 41.8 Å². The fraction of sp³-hybridized carbons (Fsp3) is 0.233. The van der Waals surface area contributed by atoms with Gasteiger partial charge < -0.3 is 9.47 Å². The number of halogens is 5. The van der Waals surface area contributed by atoms with E-state index in [9.17, 15) is 31.5 Å². The van der Waals surface area contributed by atoms with Crippen molar-refractivity contribution in [3.8, 4) is 11.1 Å². The summed E-state index contributed by atoms with van der Waals surface area (Å²) in [7, 11) is 0. The Balaban J connectivity index is 1.16. The summed E-state index contributed by atoms with van der Waals surface area (Å²) >= 11 is 1.16. The molecule has 2 aromatic heterocycles. The topological polar surface area (TPSA) is 58.4 Å². The average molecular weight is 769 g/mol. The molecule has 0 saturated carbocycles. The van der Waals surface area contributed by atoms with Crippen molar-refractivity contribution in [2.75, 3.05) is 13.1 Å². The Hall–Kier alpha value is -5.33. The number of fused-ring (bicyclic) bond motifs is 1. The largest absolute Gasteiger partial charge is 0.416 e. The first-order chi connectivity index (χ1) is 26.5. The van der Waals surface area contributed by atoms with Gasteiger partial charge in [-0.3, -0.25) is 19.5 Å². The molecule has 7 rings (SSSR count). The summed E-state index contributed by atoms with van der Waals surface area (Å²) in [5, 5.41) is 0.889. The van der Waals surface area contributed by atoms with Crippen molar-refractivity contribution in [3.63, 3.8) is 0 Å². The number of amides is 1. The minimum atomic E-state index is -4.42. The van der Waals surface area contributed by atoms with Crippen molar-refractivity contribution < 1.29 is 26.7 Å². The third kappa shape index (κ3) is 8.98. The van der Waals surface area contributed by atoms with Crippen molar-refractivity contribution in [2.45, 2.75) is 55.5 Å². The number of carbonyl (C=O) groups excluding carboxylic acids is 1. The summed E-state index contributed by atoms with van der Waals surface area (Å²) in [6.07, 6.45) is 0.575. The van der Waals surface area contributed by atoms with Crippen LogP contribution in [0, 0.1) is 11.6 Å². The Morgan fingerprint density at radius 2 is 1.49 bits per heavy atom. The van der Waals surface area contributed by atoms with E-state index in [0.29, 0.717) is 21.5 Å². The van der Waals surface area contributed by atoms with Gasteiger partial charge in [0.2, 0.25) is 5.91 Å². The Kier molecular flexibility index (Phi) is 11.4. The van der Waals surface area contributed by atoms with E-state index < -0.39 is 23.4 Å². The zero-order chi connectivity index (χ0) is 38.5. The first-order valence-corrected chi connectivity index (χ1v) is 18.9. The number of rotatable bonds is 11. The van der Waals surface area contributed by atoms with Gasteiger partial charge in [-0.1, -0.05) is 60.7 Å². The average Bonchev–Trinajstić information content (AvgIpc) is 3.19. The minimum Gasteiger partial charge on any atom is -0.334 e. The fourth-order valence-electron chi connectivity index (χ4n) is 7.03. The van der Waals surface area contributed by atoms with E-state index in [0.717, 1.165) is 79.1 Å². The van der Waals surface area contributed by atoms with Gasteiger partial charge in [0.15, 0.2) is 17.1 Å². The zero-order valence-corrected chi connectivity index (χ0v) is 30.5. The number of piperidine rings is 1. The van der Waals surface area contributed by atoms with Crippen LogP contribution < -0.4 is 5.43 Å². The maximum absolute atomic E-state index is 14.6. The number of aromatic nitrogens is 2. The van der Waals surface area contributed by atoms with Crippen molar-refractivity contribution in [2.24, 2.45) is 0 Å². The molecule has 0 bridgehead atoms. The van der Waals surface area contributed by atoms with Gasteiger partial charge in [0.1, 0.15) is 6.54 Å². The van der Waals surface area contributed by atoms with Gasteiger partial charge in [0.25, 0.3) is 0 Å². The molecule has 0 atom stereocenters. The van der Waals surface area contributed by atoms with E-state index in [2.05, 4.69) is 9.88 Å². The predicted molar refractivity (Wildman–Crippen MR) is 204 cm³/mol. The van der Waals surface area contributed by atoms with Gasteiger partial charge in [-0.05, 0) is 77.6 Å². The summed E-state index contributed by atoms with van der Waals surface area (Å²) < 4.78 is 69.9. The molecule has 282 valence electrons. The SMILES string of the molecule is O=C(Cn1c(SCc2cccc(F)c2F)cc(=O)c2ccccc21)N(Cc1ccc(-c2ccc(C(F)(F)F)cc2)cc1)C1CCN(Cc2ccncc2)CC1. The van der Waals surface area contributed by atoms with Gasteiger partial charge in [-0.25, -0.2) is 8.78 Å². The van der Waals surface area contributed by atoms with Gasteiger partial charge >= 0.3 is 6.18 Å². The summed E-state index contributed by atoms with van der Waals surface area (Å²) in [5.74, 6) is -2.04. The Morgan fingerprint density at radius 1 is 0.818 bits per heavy atom. The van der Waals surface area contributed by atoms with Crippen LogP contribution in [0.1, 0.15) is 35.1 Å². The number of likely N-dealkylation sites (tertiary alicyclic amines) is 1. The zero-order valence-electron chi connectivity index (χ0n) is 29.7. The van der Waals surface area contributed by atoms with Crippen molar-refractivity contribution in [1.82, 2.24) is 19.4 Å². The normalized spacial score (nSPS) is 14.0. The number of benzene rings is 4. The molecule has 55 heavy (non-hydrogen) atoms. The lowest BCUT2D eigenvalue weighted by Gasteiger charge is -2.39. The van der Waals surface area contributed by atoms with Crippen LogP contribution in [0.25, 0.3) is 22.0 Å². The number of pyridine rings is 2. The summed E-state index contributed by atoms with van der Waals surface area (Å²) in [5.41, 5.74) is 3.13. The number of alkyl halides is 3. The molecular formula is C43H37F5N4O2S. The molecular weight excluding hydrogens is 732 g/mol. The van der Waals surface area contributed by atoms with E-state index >= 15 is 0 Å². The van der Waals surface area contributed by atoms with Crippen molar-refractivity contribution in [3.05, 3.63) is 166 Å². The van der Waals surface area contributed by atoms with Crippen molar-refractivity contribution >= 4 is 28.6 Å². The quantitative estimate of drug-likeness (QED) is 0.0972. The smallest absolute Gasteiger partial charge is 0.334 e. The molecule has 1 amide bonds. The van der Waals surface area contributed by atoms with Crippen LogP contribution in [0.5, 0.6) is 0 Å². The van der Waals surface area contributed by atoms with E-state index in [4.69, 9.17) is 0 Å². The number of hydrogen-bond acceptors (Lipinski definition) is 5. The highest BCUT2D eigenvalue weighted by Crippen LogP contribution is 2.32. The third-order valence-electron chi connectivity index (χ3n) is 10.0. The van der Waals surface area contributed by atoms with Crippen molar-refractivity contribution in [1.29, 1.82) is 0 Å². The predicted octanol–water partition coefficient (Wildman–Crippen LogP) is 9.35. The van der Waals surface area contributed by atoms with Crippen LogP contribution in [0.4, 0.5) is 22.0 Å². The van der Waals surface area contributed by atoms with Crippen LogP contribution in [0.3, 0.4) is 0 Å². The molecule has 4 aromatic carbocycles. The van der Waals surface area contributed by atoms with E-state index in [1.54, 1.807) is 41.2 Å². The minimum absolute atomic E-state index is 0.0422. The third-order valence-corrected chi connectivity index (χ3v) is 11.1. The molecule has 1 aliphatic rings. The number of hydrogen-bond donors (Lipinski definition) is 0. The molecule has 0 unspecified atom stereocenters. The Labute approximate surface area is 319 Å². The molecule has 0 radical (unpaired) electrons. The van der Waals surface area contributed by atoms with Crippen LogP contribution in [-0.4, -0.2) is 44.4 Å². The van der Waals surface area contributed by atoms with Gasteiger partial charge in [-0.15, -0.1) is 11.8 Å². The fourth-order valence-corrected chi connectivity index (χ4v) is 8.07. The van der Waals surface area contributed by atoms with Crippen LogP contribution in [0.2, 0.25) is 0 Å². The molecule has 1 aliphatic heterocycles. The summed E-state index contributed by atoms with van der Waals surface area (Å²) in [6, 6.07) is 28.8. The second kappa shape index (κ2) is 16.6. The molecule has 1 fully saturated rings. The number of para-hydroxylation sites is 1. The molecule has 1 saturated heterocycles. The first-order valence-electron chi connectivity index (χ1n) is 17.9. The molecule has 0 N–H and O–H groups in total. The number of thioether (sulfide) groups is 1. The molecule has 3 heterocycles. The molecule has 12 heteroatoms. The lowest BCUT2D eigenvalue weighted by atomic mass is 10.00. The second-order valence-electron chi connectivity index (χ2n) is 13.6. The van der Waals surface area contributed by atoms with Crippen LogP contribution in [0.15, 0.2) is 131 Å². The maximum atomic E-state index is 14.6. The Morgan fingerprint density at radius 3 is 2.18 bits per heavy atom. The standard InChI is InChI=1S/C43H37F5N4O2S/c44-37-6-3-4-33(42(37)45)28-55-41-24-39(53)36-5-1-2-7-38(36)52(41)27-40(54)51(35-18-22-50(23-19-35)25-30-16-20-49-21-17-30)26-29-8-10-31(11-9-29)32-12-14-34(15-13-32)43(46,47)48/h1-17,20-21,24,35H,18-19,22-23,25-28H2. The highest BCUT2D eigenvalue weighted by Gasteiger charge is 2.31. The molecule has 0 spiro atoms. The lowest BCUT2D eigenvalue weighted by molar-refractivity contribution is -0.137.